The average Bonchev–Trinajstić information content (AvgIpc) is 3.29. The maximum absolute atomic E-state index is 6.07. The van der Waals surface area contributed by atoms with Crippen molar-refractivity contribution >= 4 is 11.6 Å². The third-order valence-electron chi connectivity index (χ3n) is 4.15. The van der Waals surface area contributed by atoms with E-state index >= 15 is 0 Å². The Labute approximate surface area is 139 Å². The van der Waals surface area contributed by atoms with E-state index in [1.165, 1.54) is 25.7 Å². The smallest absolute Gasteiger partial charge is 0.193 e. The molecule has 1 aliphatic rings. The largest absolute Gasteiger partial charge is 0.494 e. The van der Waals surface area contributed by atoms with Gasteiger partial charge in [0.2, 0.25) is 0 Å². The molecule has 128 valence electrons. The predicted octanol–water partition coefficient (Wildman–Crippen LogP) is 3.79. The van der Waals surface area contributed by atoms with Crippen LogP contribution < -0.4 is 20.5 Å². The summed E-state index contributed by atoms with van der Waals surface area (Å²) in [5.74, 6) is 1.97. The van der Waals surface area contributed by atoms with Gasteiger partial charge in [-0.25, -0.2) is 0 Å². The van der Waals surface area contributed by atoms with Gasteiger partial charge in [0.25, 0.3) is 0 Å². The second-order valence-electron chi connectivity index (χ2n) is 6.10. The van der Waals surface area contributed by atoms with Gasteiger partial charge in [0.1, 0.15) is 11.5 Å². The quantitative estimate of drug-likeness (QED) is 0.537. The van der Waals surface area contributed by atoms with E-state index in [1.807, 2.05) is 32.0 Å². The molecule has 0 radical (unpaired) electrons. The first-order valence-electron chi connectivity index (χ1n) is 8.59. The van der Waals surface area contributed by atoms with E-state index in [9.17, 15) is 0 Å². The molecule has 1 aromatic rings. The van der Waals surface area contributed by atoms with Crippen LogP contribution in [-0.2, 0) is 0 Å². The maximum atomic E-state index is 6.07. The van der Waals surface area contributed by atoms with Crippen molar-refractivity contribution in [3.05, 3.63) is 18.2 Å². The van der Waals surface area contributed by atoms with Crippen LogP contribution in [0, 0.1) is 5.41 Å². The molecule has 0 bridgehead atoms. The van der Waals surface area contributed by atoms with Crippen molar-refractivity contribution < 1.29 is 9.47 Å². The number of ether oxygens (including phenoxy) is 2. The number of guanidine groups is 1. The fourth-order valence-electron chi connectivity index (χ4n) is 2.77. The molecule has 3 N–H and O–H groups in total. The lowest BCUT2D eigenvalue weighted by atomic mass is 10.0. The zero-order valence-corrected chi connectivity index (χ0v) is 14.5. The van der Waals surface area contributed by atoms with Crippen LogP contribution in [0.1, 0.15) is 46.5 Å². The fraction of sp³-hybridized carbons (Fsp3) is 0.611. The highest BCUT2D eigenvalue weighted by atomic mass is 16.5. The molecule has 5 nitrogen and oxygen atoms in total. The van der Waals surface area contributed by atoms with E-state index < -0.39 is 0 Å². The normalized spacial score (nSPS) is 16.0. The first kappa shape index (κ1) is 17.4. The topological polar surface area (TPSA) is 68.9 Å². The Hall–Kier alpha value is -1.91. The molecule has 0 aromatic heterocycles. The van der Waals surface area contributed by atoms with Crippen LogP contribution in [0.3, 0.4) is 0 Å². The Kier molecular flexibility index (Phi) is 6.13. The van der Waals surface area contributed by atoms with Crippen molar-refractivity contribution in [2.75, 3.05) is 25.1 Å². The zero-order chi connectivity index (χ0) is 16.7. The lowest BCUT2D eigenvalue weighted by Crippen LogP contribution is -2.24. The van der Waals surface area contributed by atoms with Gasteiger partial charge < -0.3 is 20.5 Å². The van der Waals surface area contributed by atoms with E-state index in [0.29, 0.717) is 24.6 Å². The van der Waals surface area contributed by atoms with Crippen LogP contribution in [0.2, 0.25) is 0 Å². The van der Waals surface area contributed by atoms with Crippen molar-refractivity contribution in [1.82, 2.24) is 0 Å². The predicted molar refractivity (Wildman–Crippen MR) is 95.5 cm³/mol. The highest BCUT2D eigenvalue weighted by Crippen LogP contribution is 2.49. The lowest BCUT2D eigenvalue weighted by molar-refractivity contribution is 0.332. The van der Waals surface area contributed by atoms with Crippen molar-refractivity contribution in [2.45, 2.75) is 46.5 Å². The second-order valence-corrected chi connectivity index (χ2v) is 6.10. The van der Waals surface area contributed by atoms with Crippen LogP contribution in [-0.4, -0.2) is 25.7 Å². The van der Waals surface area contributed by atoms with E-state index in [2.05, 4.69) is 17.2 Å². The summed E-state index contributed by atoms with van der Waals surface area (Å²) in [5, 5.41) is 3.16. The van der Waals surface area contributed by atoms with Gasteiger partial charge in [-0.05, 0) is 50.7 Å². The number of hydrogen-bond donors (Lipinski definition) is 2. The molecular weight excluding hydrogens is 290 g/mol. The second kappa shape index (κ2) is 8.09. The summed E-state index contributed by atoms with van der Waals surface area (Å²) in [7, 11) is 0. The lowest BCUT2D eigenvalue weighted by Gasteiger charge is -2.15. The summed E-state index contributed by atoms with van der Waals surface area (Å²) in [4.78, 5) is 4.54. The molecule has 5 heteroatoms. The third-order valence-corrected chi connectivity index (χ3v) is 4.15. The van der Waals surface area contributed by atoms with Gasteiger partial charge in [-0.1, -0.05) is 13.3 Å². The number of nitrogens with one attached hydrogen (secondary N) is 1. The monoisotopic (exact) mass is 319 g/mol. The van der Waals surface area contributed by atoms with E-state index in [4.69, 9.17) is 15.2 Å². The van der Waals surface area contributed by atoms with Crippen molar-refractivity contribution in [1.29, 1.82) is 0 Å². The Morgan fingerprint density at radius 1 is 1.22 bits per heavy atom. The Morgan fingerprint density at radius 3 is 2.57 bits per heavy atom. The molecule has 1 fully saturated rings. The van der Waals surface area contributed by atoms with Gasteiger partial charge in [-0.2, -0.15) is 0 Å². The van der Waals surface area contributed by atoms with Crippen LogP contribution in [0.15, 0.2) is 23.2 Å². The van der Waals surface area contributed by atoms with Gasteiger partial charge in [-0.15, -0.1) is 0 Å². The summed E-state index contributed by atoms with van der Waals surface area (Å²) in [5.41, 5.74) is 7.26. The molecule has 23 heavy (non-hydrogen) atoms. The van der Waals surface area contributed by atoms with Gasteiger partial charge in [0.05, 0.1) is 18.9 Å². The summed E-state index contributed by atoms with van der Waals surface area (Å²) in [6, 6.07) is 5.69. The van der Waals surface area contributed by atoms with Crippen molar-refractivity contribution in [2.24, 2.45) is 16.1 Å². The van der Waals surface area contributed by atoms with Crippen LogP contribution in [0.25, 0.3) is 0 Å². The number of anilines is 1. The minimum Gasteiger partial charge on any atom is -0.494 e. The molecule has 0 aliphatic heterocycles. The summed E-state index contributed by atoms with van der Waals surface area (Å²) in [6.07, 6.45) is 4.96. The summed E-state index contributed by atoms with van der Waals surface area (Å²) < 4.78 is 11.2. The molecule has 1 saturated carbocycles. The standard InChI is InChI=1S/C18H29N3O2/c1-4-9-18(10-11-18)13-20-17(19)21-15-12-14(22-5-2)7-8-16(15)23-6-3/h7-8,12H,4-6,9-11,13H2,1-3H3,(H3,19,20,21). The number of benzene rings is 1. The first-order valence-corrected chi connectivity index (χ1v) is 8.59. The third kappa shape index (κ3) is 5.05. The molecule has 1 aromatic carbocycles. The number of nitrogens with zero attached hydrogens (tertiary/aromatic N) is 1. The molecule has 0 saturated heterocycles. The van der Waals surface area contributed by atoms with Gasteiger partial charge in [-0.3, -0.25) is 4.99 Å². The molecule has 0 atom stereocenters. The highest BCUT2D eigenvalue weighted by molar-refractivity contribution is 5.94. The Balaban J connectivity index is 2.05. The number of rotatable bonds is 9. The summed E-state index contributed by atoms with van der Waals surface area (Å²) >= 11 is 0. The van der Waals surface area contributed by atoms with Gasteiger partial charge >= 0.3 is 0 Å². The van der Waals surface area contributed by atoms with Gasteiger partial charge in [0.15, 0.2) is 5.96 Å². The van der Waals surface area contributed by atoms with Crippen LogP contribution in [0.4, 0.5) is 5.69 Å². The van der Waals surface area contributed by atoms with Crippen LogP contribution in [0.5, 0.6) is 11.5 Å². The SMILES string of the molecule is CCCC1(CN=C(N)Nc2cc(OCC)ccc2OCC)CC1. The summed E-state index contributed by atoms with van der Waals surface area (Å²) in [6.45, 7) is 8.16. The first-order chi connectivity index (χ1) is 11.1. The van der Waals surface area contributed by atoms with E-state index in [-0.39, 0.29) is 0 Å². The van der Waals surface area contributed by atoms with E-state index in [1.54, 1.807) is 0 Å². The Morgan fingerprint density at radius 2 is 1.96 bits per heavy atom. The fourth-order valence-corrected chi connectivity index (χ4v) is 2.77. The molecule has 0 amide bonds. The Bertz CT molecular complexity index is 539. The molecule has 0 heterocycles. The minimum absolute atomic E-state index is 0.400. The molecule has 0 unspecified atom stereocenters. The van der Waals surface area contributed by atoms with Crippen molar-refractivity contribution in [3.8, 4) is 11.5 Å². The number of aliphatic imine (C=N–C) groups is 1. The highest BCUT2D eigenvalue weighted by Gasteiger charge is 2.41. The number of nitrogens with two attached hydrogens (primary N) is 1. The molecule has 0 spiro atoms. The average molecular weight is 319 g/mol. The molecule has 2 rings (SSSR count). The van der Waals surface area contributed by atoms with Crippen LogP contribution >= 0.6 is 0 Å². The van der Waals surface area contributed by atoms with Gasteiger partial charge in [0, 0.05) is 12.6 Å². The minimum atomic E-state index is 0.400. The molecular formula is C18H29N3O2. The molecule has 1 aliphatic carbocycles. The number of hydrogen-bond acceptors (Lipinski definition) is 3. The maximum Gasteiger partial charge on any atom is 0.193 e. The zero-order valence-electron chi connectivity index (χ0n) is 14.5. The van der Waals surface area contributed by atoms with E-state index in [0.717, 1.165) is 23.7 Å². The van der Waals surface area contributed by atoms with Crippen molar-refractivity contribution in [3.63, 3.8) is 0 Å².